The van der Waals surface area contributed by atoms with Crippen LogP contribution < -0.4 is 10.1 Å². The molecule has 2 nitrogen and oxygen atoms in total. The number of hydrogen-bond donors (Lipinski definition) is 1. The Morgan fingerprint density at radius 1 is 1.33 bits per heavy atom. The highest BCUT2D eigenvalue weighted by molar-refractivity contribution is 5.24. The van der Waals surface area contributed by atoms with Crippen LogP contribution in [-0.4, -0.2) is 19.2 Å². The van der Waals surface area contributed by atoms with Gasteiger partial charge >= 0.3 is 0 Å². The number of benzene rings is 1. The molecule has 1 aromatic rings. The normalized spacial score (nSPS) is 26.9. The van der Waals surface area contributed by atoms with E-state index in [-0.39, 0.29) is 23.4 Å². The molecule has 100 valence electrons. The Balaban J connectivity index is 2.15. The molecule has 0 aromatic heterocycles. The third-order valence-electron chi connectivity index (χ3n) is 3.95. The third-order valence-corrected chi connectivity index (χ3v) is 3.95. The molecule has 3 heteroatoms. The lowest BCUT2D eigenvalue weighted by atomic mass is 9.72. The number of para-hydroxylation sites is 1. The first kappa shape index (κ1) is 13.3. The van der Waals surface area contributed by atoms with Crippen molar-refractivity contribution >= 4 is 0 Å². The van der Waals surface area contributed by atoms with Crippen molar-refractivity contribution in [1.29, 1.82) is 0 Å². The summed E-state index contributed by atoms with van der Waals surface area (Å²) in [5.74, 6) is 0.0798. The highest BCUT2D eigenvalue weighted by Gasteiger charge is 2.39. The van der Waals surface area contributed by atoms with Crippen molar-refractivity contribution in [2.45, 2.75) is 45.3 Å². The summed E-state index contributed by atoms with van der Waals surface area (Å²) in [7, 11) is 1.95. The molecule has 1 N–H and O–H groups in total. The molecule has 0 amide bonds. The lowest BCUT2D eigenvalue weighted by molar-refractivity contribution is 0.0380. The van der Waals surface area contributed by atoms with Crippen molar-refractivity contribution in [3.63, 3.8) is 0 Å². The van der Waals surface area contributed by atoms with E-state index in [2.05, 4.69) is 19.2 Å². The monoisotopic (exact) mass is 251 g/mol. The fourth-order valence-electron chi connectivity index (χ4n) is 2.99. The van der Waals surface area contributed by atoms with Crippen LogP contribution >= 0.6 is 0 Å². The molecule has 1 aliphatic carbocycles. The summed E-state index contributed by atoms with van der Waals surface area (Å²) in [5.41, 5.74) is 0.183. The van der Waals surface area contributed by atoms with Gasteiger partial charge in [-0.15, -0.1) is 0 Å². The summed E-state index contributed by atoms with van der Waals surface area (Å²) < 4.78 is 19.5. The van der Waals surface area contributed by atoms with E-state index < -0.39 is 0 Å². The van der Waals surface area contributed by atoms with Crippen LogP contribution in [0.15, 0.2) is 24.3 Å². The van der Waals surface area contributed by atoms with Gasteiger partial charge in [0.1, 0.15) is 6.10 Å². The van der Waals surface area contributed by atoms with Gasteiger partial charge in [-0.2, -0.15) is 0 Å². The van der Waals surface area contributed by atoms with Crippen LogP contribution in [-0.2, 0) is 0 Å². The lowest BCUT2D eigenvalue weighted by Crippen LogP contribution is -2.53. The number of ether oxygens (including phenoxy) is 1. The van der Waals surface area contributed by atoms with Gasteiger partial charge in [0.15, 0.2) is 11.6 Å². The van der Waals surface area contributed by atoms with Gasteiger partial charge in [-0.05, 0) is 43.9 Å². The van der Waals surface area contributed by atoms with Crippen molar-refractivity contribution < 1.29 is 9.13 Å². The summed E-state index contributed by atoms with van der Waals surface area (Å²) in [5, 5.41) is 3.34. The molecule has 0 spiro atoms. The first-order valence-electron chi connectivity index (χ1n) is 6.63. The van der Waals surface area contributed by atoms with Crippen molar-refractivity contribution in [2.75, 3.05) is 7.05 Å². The van der Waals surface area contributed by atoms with Crippen LogP contribution in [0.3, 0.4) is 0 Å². The van der Waals surface area contributed by atoms with E-state index >= 15 is 0 Å². The van der Waals surface area contributed by atoms with Gasteiger partial charge in [0.05, 0.1) is 0 Å². The zero-order chi connectivity index (χ0) is 13.2. The second kappa shape index (κ2) is 5.27. The molecular formula is C15H22FNO. The van der Waals surface area contributed by atoms with E-state index in [4.69, 9.17) is 4.74 Å². The fourth-order valence-corrected chi connectivity index (χ4v) is 2.99. The minimum absolute atomic E-state index is 0.0376. The van der Waals surface area contributed by atoms with Gasteiger partial charge < -0.3 is 10.1 Å². The van der Waals surface area contributed by atoms with E-state index in [0.29, 0.717) is 5.75 Å². The van der Waals surface area contributed by atoms with Crippen LogP contribution in [0.2, 0.25) is 0 Å². The molecule has 18 heavy (non-hydrogen) atoms. The molecule has 2 atom stereocenters. The average Bonchev–Trinajstić information content (AvgIpc) is 2.31. The minimum Gasteiger partial charge on any atom is -0.486 e. The Bertz CT molecular complexity index is 405. The highest BCUT2D eigenvalue weighted by atomic mass is 19.1. The van der Waals surface area contributed by atoms with Crippen LogP contribution in [0.4, 0.5) is 4.39 Å². The van der Waals surface area contributed by atoms with Crippen molar-refractivity contribution in [1.82, 2.24) is 5.32 Å². The smallest absolute Gasteiger partial charge is 0.165 e. The second-order valence-electron chi connectivity index (χ2n) is 5.73. The zero-order valence-electron chi connectivity index (χ0n) is 11.4. The summed E-state index contributed by atoms with van der Waals surface area (Å²) in [6, 6.07) is 6.89. The molecule has 2 rings (SSSR count). The van der Waals surface area contributed by atoms with Crippen molar-refractivity contribution in [3.05, 3.63) is 30.1 Å². The number of likely N-dealkylation sites (N-methyl/N-ethyl adjacent to an activating group) is 1. The van der Waals surface area contributed by atoms with Crippen LogP contribution in [0, 0.1) is 11.2 Å². The number of hydrogen-bond acceptors (Lipinski definition) is 2. The molecule has 1 fully saturated rings. The predicted octanol–water partition coefficient (Wildman–Crippen LogP) is 3.37. The summed E-state index contributed by atoms with van der Waals surface area (Å²) in [6.07, 6.45) is 3.32. The maximum Gasteiger partial charge on any atom is 0.165 e. The second-order valence-corrected chi connectivity index (χ2v) is 5.73. The molecule has 0 heterocycles. The van der Waals surface area contributed by atoms with Crippen molar-refractivity contribution in [2.24, 2.45) is 5.41 Å². The van der Waals surface area contributed by atoms with Gasteiger partial charge in [-0.3, -0.25) is 0 Å². The maximum atomic E-state index is 13.6. The maximum absolute atomic E-state index is 13.6. The van der Waals surface area contributed by atoms with Crippen LogP contribution in [0.1, 0.15) is 33.1 Å². The van der Waals surface area contributed by atoms with E-state index in [9.17, 15) is 4.39 Å². The van der Waals surface area contributed by atoms with E-state index in [1.807, 2.05) is 7.05 Å². The van der Waals surface area contributed by atoms with E-state index in [1.165, 1.54) is 12.5 Å². The topological polar surface area (TPSA) is 21.3 Å². The van der Waals surface area contributed by atoms with Gasteiger partial charge in [0, 0.05) is 6.04 Å². The Morgan fingerprint density at radius 3 is 2.72 bits per heavy atom. The largest absolute Gasteiger partial charge is 0.486 e. The first-order valence-corrected chi connectivity index (χ1v) is 6.63. The summed E-state index contributed by atoms with van der Waals surface area (Å²) in [6.45, 7) is 4.48. The fraction of sp³-hybridized carbons (Fsp3) is 0.600. The Labute approximate surface area is 109 Å². The standard InChI is InChI=1S/C15H22FNO/c1-15(2)10-6-9-13(14(15)17-3)18-12-8-5-4-7-11(12)16/h4-5,7-8,13-14,17H,6,9-10H2,1-3H3. The Hall–Kier alpha value is -1.09. The van der Waals surface area contributed by atoms with Crippen molar-refractivity contribution in [3.8, 4) is 5.75 Å². The summed E-state index contributed by atoms with van der Waals surface area (Å²) >= 11 is 0. The van der Waals surface area contributed by atoms with E-state index in [0.717, 1.165) is 12.8 Å². The number of rotatable bonds is 3. The number of nitrogens with one attached hydrogen (secondary N) is 1. The Kier molecular flexibility index (Phi) is 3.91. The molecule has 1 aromatic carbocycles. The first-order chi connectivity index (χ1) is 8.54. The Morgan fingerprint density at radius 2 is 2.06 bits per heavy atom. The van der Waals surface area contributed by atoms with Gasteiger partial charge in [0.2, 0.25) is 0 Å². The molecule has 0 aliphatic heterocycles. The van der Waals surface area contributed by atoms with Gasteiger partial charge in [-0.25, -0.2) is 4.39 Å². The van der Waals surface area contributed by atoms with Crippen LogP contribution in [0.5, 0.6) is 5.75 Å². The van der Waals surface area contributed by atoms with Gasteiger partial charge in [0.25, 0.3) is 0 Å². The molecule has 2 unspecified atom stereocenters. The SMILES string of the molecule is CNC1C(Oc2ccccc2F)CCCC1(C)C. The molecule has 1 saturated carbocycles. The quantitative estimate of drug-likeness (QED) is 0.889. The van der Waals surface area contributed by atoms with Crippen LogP contribution in [0.25, 0.3) is 0 Å². The molecule has 0 radical (unpaired) electrons. The third kappa shape index (κ3) is 2.66. The zero-order valence-corrected chi connectivity index (χ0v) is 11.4. The molecule has 0 bridgehead atoms. The lowest BCUT2D eigenvalue weighted by Gasteiger charge is -2.43. The highest BCUT2D eigenvalue weighted by Crippen LogP contribution is 2.37. The van der Waals surface area contributed by atoms with Gasteiger partial charge in [-0.1, -0.05) is 26.0 Å². The predicted molar refractivity (Wildman–Crippen MR) is 71.3 cm³/mol. The minimum atomic E-state index is -0.282. The average molecular weight is 251 g/mol. The summed E-state index contributed by atoms with van der Waals surface area (Å²) in [4.78, 5) is 0. The molecule has 1 aliphatic rings. The number of halogens is 1. The molecular weight excluding hydrogens is 229 g/mol. The van der Waals surface area contributed by atoms with E-state index in [1.54, 1.807) is 18.2 Å². The molecule has 0 saturated heterocycles.